The van der Waals surface area contributed by atoms with Crippen LogP contribution in [0.5, 0.6) is 0 Å². The van der Waals surface area contributed by atoms with E-state index < -0.39 is 41.2 Å². The lowest BCUT2D eigenvalue weighted by atomic mass is 9.82. The fraction of sp³-hybridized carbons (Fsp3) is 0.450. The summed E-state index contributed by atoms with van der Waals surface area (Å²) in [6.45, 7) is 2.62. The number of anilines is 2. The third-order valence-corrected chi connectivity index (χ3v) is 13.0. The number of fused-ring (bicyclic) bond motifs is 2. The van der Waals surface area contributed by atoms with Crippen LogP contribution in [0.25, 0.3) is 21.3 Å². The van der Waals surface area contributed by atoms with E-state index in [0.717, 1.165) is 92.6 Å². The summed E-state index contributed by atoms with van der Waals surface area (Å²) in [5, 5.41) is 5.65. The van der Waals surface area contributed by atoms with Gasteiger partial charge in [-0.25, -0.2) is 19.2 Å². The van der Waals surface area contributed by atoms with Gasteiger partial charge in [0.05, 0.1) is 37.6 Å². The lowest BCUT2D eigenvalue weighted by Crippen LogP contribution is -2.45. The Balaban J connectivity index is 0.857. The van der Waals surface area contributed by atoms with E-state index in [1.807, 2.05) is 18.2 Å². The summed E-state index contributed by atoms with van der Waals surface area (Å²) in [5.41, 5.74) is 0.810. The molecule has 3 fully saturated rings. The standard InChI is InChI=1S/C40H42F4N8O4S/c1-49(24-15-17-51(18-16-24)29-6-4-7-30-35(29)50(2)39(56)52(30)31-13-14-34(53)48-37(31)55)21-22-9-11-23(12-10-22)38-47-28-19-25(41)27(20-32(28)57-38)46-36(54)26-5-3-8-33(45-26)40(42,43)44/h3-8,19-20,22-24,31H,9-18,21H2,1-2H3,(H,46,54)(H,48,53,55)/t22-,23-,31?. The molecule has 8 rings (SSSR count). The number of carbonyl (C=O) groups is 3. The van der Waals surface area contributed by atoms with E-state index >= 15 is 4.39 Å². The van der Waals surface area contributed by atoms with Crippen molar-refractivity contribution in [3.05, 3.63) is 81.2 Å². The Morgan fingerprint density at radius 1 is 0.982 bits per heavy atom. The maximum atomic E-state index is 15.0. The Kier molecular flexibility index (Phi) is 10.4. The second-order valence-corrected chi connectivity index (χ2v) is 16.5. The van der Waals surface area contributed by atoms with Gasteiger partial charge in [0, 0.05) is 51.1 Å². The van der Waals surface area contributed by atoms with Crippen LogP contribution in [0.1, 0.15) is 84.5 Å². The van der Waals surface area contributed by atoms with Crippen LogP contribution in [0.3, 0.4) is 0 Å². The third kappa shape index (κ3) is 7.66. The highest BCUT2D eigenvalue weighted by atomic mass is 32.1. The van der Waals surface area contributed by atoms with E-state index in [4.69, 9.17) is 4.98 Å². The molecule has 3 amide bonds. The van der Waals surface area contributed by atoms with Gasteiger partial charge in [0.2, 0.25) is 11.8 Å². The van der Waals surface area contributed by atoms with Gasteiger partial charge in [-0.15, -0.1) is 11.3 Å². The monoisotopic (exact) mass is 806 g/mol. The molecule has 2 N–H and O–H groups in total. The maximum Gasteiger partial charge on any atom is 0.433 e. The number of nitrogens with one attached hydrogen (secondary N) is 2. The quantitative estimate of drug-likeness (QED) is 0.132. The van der Waals surface area contributed by atoms with E-state index in [1.165, 1.54) is 28.0 Å². The van der Waals surface area contributed by atoms with Crippen molar-refractivity contribution in [1.82, 2.24) is 29.3 Å². The van der Waals surface area contributed by atoms with Gasteiger partial charge in [0.15, 0.2) is 0 Å². The van der Waals surface area contributed by atoms with Crippen molar-refractivity contribution in [2.75, 3.05) is 36.9 Å². The Morgan fingerprint density at radius 3 is 2.44 bits per heavy atom. The summed E-state index contributed by atoms with van der Waals surface area (Å²) in [6.07, 6.45) is 1.66. The summed E-state index contributed by atoms with van der Waals surface area (Å²) in [7, 11) is 3.92. The molecule has 12 nitrogen and oxygen atoms in total. The van der Waals surface area contributed by atoms with Crippen molar-refractivity contribution in [3.63, 3.8) is 0 Å². The highest BCUT2D eigenvalue weighted by molar-refractivity contribution is 7.18. The van der Waals surface area contributed by atoms with Crippen molar-refractivity contribution in [1.29, 1.82) is 0 Å². The van der Waals surface area contributed by atoms with Gasteiger partial charge < -0.3 is 15.1 Å². The van der Waals surface area contributed by atoms with Crippen LogP contribution in [0.2, 0.25) is 0 Å². The van der Waals surface area contributed by atoms with Gasteiger partial charge in [0.25, 0.3) is 5.91 Å². The third-order valence-electron chi connectivity index (χ3n) is 11.8. The minimum absolute atomic E-state index is 0.147. The fourth-order valence-electron chi connectivity index (χ4n) is 8.74. The first-order valence-electron chi connectivity index (χ1n) is 19.2. The molecular formula is C40H42F4N8O4S. The average molecular weight is 807 g/mol. The number of hydrogen-bond acceptors (Lipinski definition) is 9. The average Bonchev–Trinajstić information content (AvgIpc) is 3.72. The molecule has 2 saturated heterocycles. The molecule has 1 atom stereocenters. The number of alkyl halides is 3. The Hall–Kier alpha value is -5.16. The predicted molar refractivity (Wildman–Crippen MR) is 208 cm³/mol. The van der Waals surface area contributed by atoms with Crippen LogP contribution >= 0.6 is 11.3 Å². The zero-order chi connectivity index (χ0) is 40.2. The molecule has 17 heteroatoms. The fourth-order valence-corrected chi connectivity index (χ4v) is 9.90. The SMILES string of the molecule is CN(C[C@H]1CC[C@H](c2nc3cc(F)c(NC(=O)c4cccc(C(F)(F)F)n4)cc3s2)CC1)C1CCN(c2cccc3c2n(C)c(=O)n3C2CCC(=O)NC2=O)CC1. The van der Waals surface area contributed by atoms with Gasteiger partial charge >= 0.3 is 11.9 Å². The number of hydrogen-bond donors (Lipinski definition) is 2. The molecule has 0 radical (unpaired) electrons. The molecule has 2 aromatic carbocycles. The van der Waals surface area contributed by atoms with Crippen LogP contribution < -0.4 is 21.2 Å². The molecule has 3 aromatic heterocycles. The zero-order valence-corrected chi connectivity index (χ0v) is 32.3. The number of nitrogens with zero attached hydrogens (tertiary/aromatic N) is 6. The van der Waals surface area contributed by atoms with E-state index in [1.54, 1.807) is 11.6 Å². The highest BCUT2D eigenvalue weighted by Crippen LogP contribution is 2.41. The number of aryl methyl sites for hydroxylation is 1. The van der Waals surface area contributed by atoms with Crippen LogP contribution in [0, 0.1) is 11.7 Å². The van der Waals surface area contributed by atoms with Crippen LogP contribution in [0.4, 0.5) is 28.9 Å². The smallest absolute Gasteiger partial charge is 0.370 e. The molecular weight excluding hydrogens is 765 g/mol. The minimum Gasteiger partial charge on any atom is -0.370 e. The maximum absolute atomic E-state index is 15.0. The summed E-state index contributed by atoms with van der Waals surface area (Å²) in [4.78, 5) is 63.5. The zero-order valence-electron chi connectivity index (χ0n) is 31.4. The van der Waals surface area contributed by atoms with Crippen molar-refractivity contribution in [2.45, 2.75) is 75.5 Å². The molecule has 1 unspecified atom stereocenters. The van der Waals surface area contributed by atoms with E-state index in [9.17, 15) is 32.3 Å². The Morgan fingerprint density at radius 2 is 1.72 bits per heavy atom. The lowest BCUT2D eigenvalue weighted by Gasteiger charge is -2.40. The van der Waals surface area contributed by atoms with Crippen LogP contribution in [0.15, 0.2) is 53.3 Å². The summed E-state index contributed by atoms with van der Waals surface area (Å²) < 4.78 is 58.1. The summed E-state index contributed by atoms with van der Waals surface area (Å²) in [5.74, 6) is -1.69. The molecule has 2 aliphatic heterocycles. The predicted octanol–water partition coefficient (Wildman–Crippen LogP) is 6.61. The summed E-state index contributed by atoms with van der Waals surface area (Å²) >= 11 is 1.44. The highest BCUT2D eigenvalue weighted by Gasteiger charge is 2.35. The number of thiazole rings is 1. The first kappa shape index (κ1) is 38.7. The number of piperidine rings is 2. The molecule has 1 aliphatic carbocycles. The summed E-state index contributed by atoms with van der Waals surface area (Å²) in [6, 6.07) is 11.2. The molecule has 300 valence electrons. The number of rotatable bonds is 8. The lowest BCUT2D eigenvalue weighted by molar-refractivity contribution is -0.141. The number of para-hydroxylation sites is 1. The van der Waals surface area contributed by atoms with Crippen molar-refractivity contribution >= 4 is 61.7 Å². The number of pyridine rings is 1. The molecule has 0 spiro atoms. The van der Waals surface area contributed by atoms with Crippen molar-refractivity contribution in [3.8, 4) is 0 Å². The number of imidazole rings is 1. The van der Waals surface area contributed by atoms with Crippen molar-refractivity contribution in [2.24, 2.45) is 13.0 Å². The Bertz CT molecular complexity index is 2430. The van der Waals surface area contributed by atoms with Gasteiger partial charge in [-0.1, -0.05) is 12.1 Å². The van der Waals surface area contributed by atoms with E-state index in [0.29, 0.717) is 27.7 Å². The minimum atomic E-state index is -4.71. The molecule has 5 heterocycles. The largest absolute Gasteiger partial charge is 0.433 e. The van der Waals surface area contributed by atoms with Gasteiger partial charge in [-0.3, -0.25) is 28.8 Å². The van der Waals surface area contributed by atoms with Gasteiger partial charge in [-0.2, -0.15) is 13.2 Å². The number of benzene rings is 2. The van der Waals surface area contributed by atoms with Crippen molar-refractivity contribution < 1.29 is 31.9 Å². The number of amides is 3. The Labute approximate surface area is 328 Å². The number of carbonyl (C=O) groups excluding carboxylic acids is 3. The van der Waals surface area contributed by atoms with Gasteiger partial charge in [0.1, 0.15) is 23.2 Å². The topological polar surface area (TPSA) is 134 Å². The first-order chi connectivity index (χ1) is 27.2. The number of imide groups is 1. The molecule has 0 bridgehead atoms. The number of aromatic nitrogens is 4. The molecule has 3 aliphatic rings. The number of halogens is 4. The van der Waals surface area contributed by atoms with Gasteiger partial charge in [-0.05, 0) is 88.2 Å². The molecule has 1 saturated carbocycles. The normalized spacial score (nSPS) is 21.1. The van der Waals surface area contributed by atoms with E-state index in [-0.39, 0.29) is 36.0 Å². The second kappa shape index (κ2) is 15.3. The second-order valence-electron chi connectivity index (χ2n) is 15.4. The molecule has 5 aromatic rings. The van der Waals surface area contributed by atoms with Crippen LogP contribution in [-0.4, -0.2) is 74.4 Å². The molecule has 57 heavy (non-hydrogen) atoms. The van der Waals surface area contributed by atoms with Crippen LogP contribution in [-0.2, 0) is 22.8 Å². The first-order valence-corrected chi connectivity index (χ1v) is 20.0. The van der Waals surface area contributed by atoms with E-state index in [2.05, 4.69) is 32.5 Å².